The number of H-pyrrole nitrogens is 1. The molecule has 4 aromatic rings. The van der Waals surface area contributed by atoms with E-state index in [-0.39, 0.29) is 17.8 Å². The zero-order chi connectivity index (χ0) is 25.1. The predicted octanol–water partition coefficient (Wildman–Crippen LogP) is 3.31. The Bertz CT molecular complexity index is 1380. The first-order valence-electron chi connectivity index (χ1n) is 11.2. The van der Waals surface area contributed by atoms with Gasteiger partial charge in [-0.3, -0.25) is 19.6 Å². The topological polar surface area (TPSA) is 103 Å². The summed E-state index contributed by atoms with van der Waals surface area (Å²) in [6.45, 7) is 3.39. The number of carbonyl (C=O) groups excluding carboxylic acids is 1. The molecule has 1 amide bonds. The molecule has 4 rings (SSSR count). The minimum atomic E-state index is -0.679. The fourth-order valence-electron chi connectivity index (χ4n) is 4.10. The number of rotatable bonds is 9. The molecule has 3 heterocycles. The highest BCUT2D eigenvalue weighted by molar-refractivity contribution is 7.19. The molecule has 0 aliphatic carbocycles. The fourth-order valence-corrected chi connectivity index (χ4v) is 5.63. The van der Waals surface area contributed by atoms with Gasteiger partial charge >= 0.3 is 0 Å². The smallest absolute Gasteiger partial charge is 0.224 e. The summed E-state index contributed by atoms with van der Waals surface area (Å²) in [6, 6.07) is 9.02. The minimum absolute atomic E-state index is 0.0127. The number of halogens is 1. The maximum atomic E-state index is 13.3. The number of aromatic nitrogens is 3. The molecule has 1 unspecified atom stereocenters. The summed E-state index contributed by atoms with van der Waals surface area (Å²) < 4.78 is 2.57. The van der Waals surface area contributed by atoms with Crippen molar-refractivity contribution in [3.05, 3.63) is 85.2 Å². The summed E-state index contributed by atoms with van der Waals surface area (Å²) in [5.74, 6) is -0.211. The molecule has 1 atom stereocenters. The molecule has 0 aliphatic rings. The number of aromatic amines is 1. The van der Waals surface area contributed by atoms with Gasteiger partial charge in [0, 0.05) is 54.5 Å². The molecule has 10 heteroatoms. The predicted molar refractivity (Wildman–Crippen MR) is 139 cm³/mol. The lowest BCUT2D eigenvalue weighted by molar-refractivity contribution is -0.120. The van der Waals surface area contributed by atoms with Crippen LogP contribution in [0.1, 0.15) is 33.4 Å². The van der Waals surface area contributed by atoms with Crippen LogP contribution in [0.15, 0.2) is 47.5 Å². The van der Waals surface area contributed by atoms with E-state index in [1.807, 2.05) is 42.6 Å². The first-order chi connectivity index (χ1) is 16.7. The van der Waals surface area contributed by atoms with Crippen molar-refractivity contribution in [2.24, 2.45) is 7.05 Å². The highest BCUT2D eigenvalue weighted by Gasteiger charge is 2.19. The number of likely N-dealkylation sites (N-methyl/N-ethyl adjacent to an activating group) is 1. The Hall–Kier alpha value is -2.98. The van der Waals surface area contributed by atoms with E-state index in [1.165, 1.54) is 11.3 Å². The van der Waals surface area contributed by atoms with Crippen LogP contribution in [0.2, 0.25) is 5.02 Å². The SMILES string of the molecule is Cc1c(CN(C)CC(O)c2ccn[nH]2)sc2c(=O)c(CC(=O)NCc3ccc(Cl)cc3)cn(C)c12. The van der Waals surface area contributed by atoms with Crippen LogP contribution >= 0.6 is 22.9 Å². The van der Waals surface area contributed by atoms with Gasteiger partial charge in [0.15, 0.2) is 0 Å². The molecule has 1 aromatic carbocycles. The zero-order valence-electron chi connectivity index (χ0n) is 19.8. The van der Waals surface area contributed by atoms with Crippen molar-refractivity contribution >= 4 is 39.1 Å². The largest absolute Gasteiger partial charge is 0.385 e. The number of nitrogens with zero attached hydrogens (tertiary/aromatic N) is 3. The normalized spacial score (nSPS) is 12.4. The number of aliphatic hydroxyl groups excluding tert-OH is 1. The fraction of sp³-hybridized carbons (Fsp3) is 0.320. The highest BCUT2D eigenvalue weighted by atomic mass is 35.5. The molecule has 0 spiro atoms. The van der Waals surface area contributed by atoms with Gasteiger partial charge in [-0.1, -0.05) is 23.7 Å². The van der Waals surface area contributed by atoms with Crippen molar-refractivity contribution < 1.29 is 9.90 Å². The number of aliphatic hydroxyl groups is 1. The Kier molecular flexibility index (Phi) is 7.71. The molecular formula is C25H28ClN5O3S. The maximum Gasteiger partial charge on any atom is 0.224 e. The van der Waals surface area contributed by atoms with Crippen molar-refractivity contribution in [1.82, 2.24) is 25.0 Å². The third kappa shape index (κ3) is 5.82. The zero-order valence-corrected chi connectivity index (χ0v) is 21.4. The van der Waals surface area contributed by atoms with Crippen LogP contribution in [0.4, 0.5) is 0 Å². The Morgan fingerprint density at radius 2 is 2.06 bits per heavy atom. The van der Waals surface area contributed by atoms with Crippen molar-refractivity contribution in [3.8, 4) is 0 Å². The summed E-state index contributed by atoms with van der Waals surface area (Å²) in [5.41, 5.74) is 3.86. The standard InChI is InChI=1S/C25H28ClN5O3S/c1-15-21(14-30(2)13-20(32)19-8-9-28-29-19)35-25-23(15)31(3)12-17(24(25)34)10-22(33)27-11-16-4-6-18(26)7-5-16/h4-9,12,20,32H,10-11,13-14H2,1-3H3,(H,27,33)(H,28,29). The van der Waals surface area contributed by atoms with Crippen LogP contribution in [-0.2, 0) is 31.4 Å². The lowest BCUT2D eigenvalue weighted by Gasteiger charge is -2.19. The second-order valence-corrected chi connectivity index (χ2v) is 10.3. The van der Waals surface area contributed by atoms with Gasteiger partial charge in [-0.05, 0) is 43.3 Å². The van der Waals surface area contributed by atoms with Gasteiger partial charge in [0.1, 0.15) is 6.10 Å². The van der Waals surface area contributed by atoms with E-state index in [9.17, 15) is 14.7 Å². The molecule has 184 valence electrons. The number of amides is 1. The molecule has 0 saturated carbocycles. The lowest BCUT2D eigenvalue weighted by atomic mass is 10.1. The third-order valence-corrected chi connectivity index (χ3v) is 7.46. The van der Waals surface area contributed by atoms with Gasteiger partial charge in [0.25, 0.3) is 0 Å². The van der Waals surface area contributed by atoms with E-state index in [4.69, 9.17) is 11.6 Å². The number of carbonyl (C=O) groups is 1. The van der Waals surface area contributed by atoms with Crippen LogP contribution in [0.3, 0.4) is 0 Å². The molecule has 0 radical (unpaired) electrons. The van der Waals surface area contributed by atoms with Crippen LogP contribution in [0.5, 0.6) is 0 Å². The third-order valence-electron chi connectivity index (χ3n) is 5.95. The van der Waals surface area contributed by atoms with E-state index in [0.29, 0.717) is 40.6 Å². The van der Waals surface area contributed by atoms with E-state index in [1.54, 1.807) is 30.6 Å². The summed E-state index contributed by atoms with van der Waals surface area (Å²) in [7, 11) is 3.82. The van der Waals surface area contributed by atoms with Crippen LogP contribution in [-0.4, -0.2) is 44.3 Å². The van der Waals surface area contributed by atoms with E-state index < -0.39 is 6.10 Å². The molecular weight excluding hydrogens is 486 g/mol. The second-order valence-electron chi connectivity index (χ2n) is 8.73. The molecule has 0 bridgehead atoms. The van der Waals surface area contributed by atoms with Crippen molar-refractivity contribution in [2.45, 2.75) is 32.5 Å². The average Bonchev–Trinajstić information content (AvgIpc) is 3.46. The first kappa shape index (κ1) is 25.1. The molecule has 3 aromatic heterocycles. The molecule has 0 saturated heterocycles. The lowest BCUT2D eigenvalue weighted by Crippen LogP contribution is -2.27. The first-order valence-corrected chi connectivity index (χ1v) is 12.4. The Morgan fingerprint density at radius 1 is 1.31 bits per heavy atom. The summed E-state index contributed by atoms with van der Waals surface area (Å²) >= 11 is 7.35. The Balaban J connectivity index is 1.48. The number of nitrogens with one attached hydrogen (secondary N) is 2. The Morgan fingerprint density at radius 3 is 2.74 bits per heavy atom. The van der Waals surface area contributed by atoms with Crippen LogP contribution in [0.25, 0.3) is 10.2 Å². The Labute approximate surface area is 212 Å². The number of fused-ring (bicyclic) bond motifs is 1. The average molecular weight is 514 g/mol. The van der Waals surface area contributed by atoms with Crippen LogP contribution in [0, 0.1) is 6.92 Å². The van der Waals surface area contributed by atoms with Gasteiger partial charge < -0.3 is 15.0 Å². The van der Waals surface area contributed by atoms with E-state index >= 15 is 0 Å². The second kappa shape index (κ2) is 10.7. The van der Waals surface area contributed by atoms with Gasteiger partial charge in [0.05, 0.1) is 22.3 Å². The van der Waals surface area contributed by atoms with Crippen molar-refractivity contribution in [3.63, 3.8) is 0 Å². The molecule has 3 N–H and O–H groups in total. The minimum Gasteiger partial charge on any atom is -0.385 e. The van der Waals surface area contributed by atoms with Gasteiger partial charge in [-0.2, -0.15) is 5.10 Å². The summed E-state index contributed by atoms with van der Waals surface area (Å²) in [5, 5.41) is 20.6. The van der Waals surface area contributed by atoms with Gasteiger partial charge in [-0.25, -0.2) is 0 Å². The molecule has 0 aliphatic heterocycles. The molecule has 35 heavy (non-hydrogen) atoms. The summed E-state index contributed by atoms with van der Waals surface area (Å²) in [4.78, 5) is 28.9. The van der Waals surface area contributed by atoms with Crippen molar-refractivity contribution in [2.75, 3.05) is 13.6 Å². The number of hydrogen-bond donors (Lipinski definition) is 3. The number of hydrogen-bond acceptors (Lipinski definition) is 6. The number of aryl methyl sites for hydroxylation is 2. The maximum absolute atomic E-state index is 13.3. The molecule has 0 fully saturated rings. The quantitative estimate of drug-likeness (QED) is 0.318. The van der Waals surface area contributed by atoms with Gasteiger partial charge in [0.2, 0.25) is 11.3 Å². The van der Waals surface area contributed by atoms with Gasteiger partial charge in [-0.15, -0.1) is 11.3 Å². The number of pyridine rings is 1. The van der Waals surface area contributed by atoms with Crippen molar-refractivity contribution in [1.29, 1.82) is 0 Å². The number of benzene rings is 1. The molecule has 8 nitrogen and oxygen atoms in total. The van der Waals surface area contributed by atoms with Crippen LogP contribution < -0.4 is 10.7 Å². The monoisotopic (exact) mass is 513 g/mol. The summed E-state index contributed by atoms with van der Waals surface area (Å²) in [6.07, 6.45) is 2.70. The van der Waals surface area contributed by atoms with E-state index in [0.717, 1.165) is 21.5 Å². The highest BCUT2D eigenvalue weighted by Crippen LogP contribution is 2.30. The van der Waals surface area contributed by atoms with E-state index in [2.05, 4.69) is 15.5 Å². The number of thiophene rings is 1.